The number of benzene rings is 2. The smallest absolute Gasteiger partial charge is 0.343 e. The van der Waals surface area contributed by atoms with Crippen LogP contribution in [0, 0.1) is 5.82 Å². The Morgan fingerprint density at radius 1 is 1.26 bits per heavy atom. The van der Waals surface area contributed by atoms with Gasteiger partial charge in [-0.25, -0.2) is 9.18 Å². The number of carbonyl (C=O) groups excluding carboxylic acids is 2. The number of anilines is 1. The fourth-order valence-corrected chi connectivity index (χ4v) is 2.49. The van der Waals surface area contributed by atoms with Gasteiger partial charge in [0.1, 0.15) is 11.4 Å². The third-order valence-corrected chi connectivity index (χ3v) is 3.90. The molecular formula is C16H13ClFNO3S. The molecule has 0 aliphatic rings. The van der Waals surface area contributed by atoms with Crippen LogP contribution < -0.4 is 5.32 Å². The van der Waals surface area contributed by atoms with E-state index in [1.165, 1.54) is 23.9 Å². The molecule has 0 aliphatic heterocycles. The summed E-state index contributed by atoms with van der Waals surface area (Å²) in [4.78, 5) is 24.6. The van der Waals surface area contributed by atoms with Crippen molar-refractivity contribution in [2.45, 2.75) is 4.90 Å². The Morgan fingerprint density at radius 3 is 2.70 bits per heavy atom. The first-order valence-corrected chi connectivity index (χ1v) is 8.16. The molecule has 0 bridgehead atoms. The summed E-state index contributed by atoms with van der Waals surface area (Å²) in [6.07, 6.45) is 1.92. The Hall–Kier alpha value is -2.05. The third kappa shape index (κ3) is 4.71. The van der Waals surface area contributed by atoms with Gasteiger partial charge in [-0.1, -0.05) is 23.7 Å². The third-order valence-electron chi connectivity index (χ3n) is 2.85. The zero-order valence-electron chi connectivity index (χ0n) is 12.1. The number of esters is 1. The quantitative estimate of drug-likeness (QED) is 0.652. The van der Waals surface area contributed by atoms with Crippen molar-refractivity contribution in [3.63, 3.8) is 0 Å². The van der Waals surface area contributed by atoms with E-state index < -0.39 is 24.3 Å². The minimum absolute atomic E-state index is 0.0666. The topological polar surface area (TPSA) is 55.4 Å². The molecule has 0 unspecified atom stereocenters. The molecule has 0 aliphatic carbocycles. The summed E-state index contributed by atoms with van der Waals surface area (Å²) < 4.78 is 18.4. The molecule has 23 heavy (non-hydrogen) atoms. The molecule has 0 aromatic heterocycles. The van der Waals surface area contributed by atoms with Crippen LogP contribution in [0.4, 0.5) is 10.1 Å². The van der Waals surface area contributed by atoms with Crippen LogP contribution in [-0.4, -0.2) is 24.7 Å². The number of hydrogen-bond acceptors (Lipinski definition) is 4. The van der Waals surface area contributed by atoms with E-state index in [0.29, 0.717) is 5.69 Å². The molecule has 120 valence electrons. The highest BCUT2D eigenvalue weighted by molar-refractivity contribution is 7.98. The number of hydrogen-bond donors (Lipinski definition) is 1. The van der Waals surface area contributed by atoms with Crippen LogP contribution in [0.3, 0.4) is 0 Å². The second-order valence-electron chi connectivity index (χ2n) is 4.45. The lowest BCUT2D eigenvalue weighted by molar-refractivity contribution is -0.119. The molecule has 0 heterocycles. The largest absolute Gasteiger partial charge is 0.452 e. The highest BCUT2D eigenvalue weighted by Gasteiger charge is 2.18. The van der Waals surface area contributed by atoms with Gasteiger partial charge in [0.15, 0.2) is 6.61 Å². The summed E-state index contributed by atoms with van der Waals surface area (Å²) in [6, 6.07) is 11.0. The fraction of sp³-hybridized carbons (Fsp3) is 0.125. The molecule has 1 amide bonds. The summed E-state index contributed by atoms with van der Waals surface area (Å²) in [6.45, 7) is -0.535. The Bertz CT molecular complexity index is 719. The first-order chi connectivity index (χ1) is 11.0. The van der Waals surface area contributed by atoms with Crippen molar-refractivity contribution in [3.05, 3.63) is 58.9 Å². The highest BCUT2D eigenvalue weighted by atomic mass is 35.5. The van der Waals surface area contributed by atoms with E-state index in [1.807, 2.05) is 12.3 Å². The van der Waals surface area contributed by atoms with Gasteiger partial charge in [0.25, 0.3) is 5.91 Å². The average Bonchev–Trinajstić information content (AvgIpc) is 2.53. The monoisotopic (exact) mass is 353 g/mol. The van der Waals surface area contributed by atoms with Crippen LogP contribution in [-0.2, 0) is 9.53 Å². The van der Waals surface area contributed by atoms with E-state index in [4.69, 9.17) is 16.3 Å². The van der Waals surface area contributed by atoms with Gasteiger partial charge in [0, 0.05) is 10.6 Å². The second-order valence-corrected chi connectivity index (χ2v) is 5.74. The van der Waals surface area contributed by atoms with Gasteiger partial charge < -0.3 is 10.1 Å². The molecule has 2 aromatic rings. The number of nitrogens with one attached hydrogen (secondary N) is 1. The van der Waals surface area contributed by atoms with E-state index in [-0.39, 0.29) is 10.6 Å². The Kier molecular flexibility index (Phi) is 6.01. The highest BCUT2D eigenvalue weighted by Crippen LogP contribution is 2.20. The fourth-order valence-electron chi connectivity index (χ4n) is 1.79. The van der Waals surface area contributed by atoms with Crippen molar-refractivity contribution in [2.24, 2.45) is 0 Å². The van der Waals surface area contributed by atoms with Crippen molar-refractivity contribution in [3.8, 4) is 0 Å². The molecule has 0 spiro atoms. The van der Waals surface area contributed by atoms with Crippen molar-refractivity contribution < 1.29 is 18.7 Å². The lowest BCUT2D eigenvalue weighted by Gasteiger charge is -2.08. The number of rotatable bonds is 5. The first-order valence-electron chi connectivity index (χ1n) is 6.56. The van der Waals surface area contributed by atoms with Crippen molar-refractivity contribution in [2.75, 3.05) is 18.2 Å². The predicted octanol–water partition coefficient (Wildman–Crippen LogP) is 4.00. The molecule has 0 saturated carbocycles. The van der Waals surface area contributed by atoms with Gasteiger partial charge in [-0.15, -0.1) is 11.8 Å². The van der Waals surface area contributed by atoms with Gasteiger partial charge in [0.05, 0.1) is 5.02 Å². The van der Waals surface area contributed by atoms with Gasteiger partial charge in [-0.05, 0) is 36.6 Å². The lowest BCUT2D eigenvalue weighted by atomic mass is 10.2. The second kappa shape index (κ2) is 7.99. The molecule has 2 aromatic carbocycles. The summed E-state index contributed by atoms with van der Waals surface area (Å²) in [7, 11) is 0. The summed E-state index contributed by atoms with van der Waals surface area (Å²) in [5.74, 6) is -2.30. The number of carbonyl (C=O) groups is 2. The first kappa shape index (κ1) is 17.3. The van der Waals surface area contributed by atoms with Crippen LogP contribution in [0.25, 0.3) is 0 Å². The van der Waals surface area contributed by atoms with Gasteiger partial charge >= 0.3 is 5.97 Å². The molecule has 0 radical (unpaired) electrons. The minimum Gasteiger partial charge on any atom is -0.452 e. The molecule has 0 atom stereocenters. The van der Waals surface area contributed by atoms with Crippen LogP contribution in [0.1, 0.15) is 10.4 Å². The standard InChI is InChI=1S/C16H13ClFNO3S/c1-23-11-5-2-4-10(8-11)19-14(20)9-22-16(21)15-12(17)6-3-7-13(15)18/h2-8H,9H2,1H3,(H,19,20). The zero-order chi connectivity index (χ0) is 16.8. The zero-order valence-corrected chi connectivity index (χ0v) is 13.7. The van der Waals surface area contributed by atoms with E-state index >= 15 is 0 Å². The van der Waals surface area contributed by atoms with Crippen LogP contribution in [0.2, 0.25) is 5.02 Å². The summed E-state index contributed by atoms with van der Waals surface area (Å²) in [5.41, 5.74) is 0.202. The molecule has 4 nitrogen and oxygen atoms in total. The predicted molar refractivity (Wildman–Crippen MR) is 88.5 cm³/mol. The molecular weight excluding hydrogens is 341 g/mol. The lowest BCUT2D eigenvalue weighted by Crippen LogP contribution is -2.21. The summed E-state index contributed by atoms with van der Waals surface area (Å²) in [5, 5.41) is 2.53. The number of amides is 1. The Morgan fingerprint density at radius 2 is 2.00 bits per heavy atom. The van der Waals surface area contributed by atoms with Crippen molar-refractivity contribution in [1.29, 1.82) is 0 Å². The molecule has 7 heteroatoms. The van der Waals surface area contributed by atoms with Crippen molar-refractivity contribution in [1.82, 2.24) is 0 Å². The van der Waals surface area contributed by atoms with Crippen LogP contribution >= 0.6 is 23.4 Å². The van der Waals surface area contributed by atoms with E-state index in [1.54, 1.807) is 18.2 Å². The normalized spacial score (nSPS) is 10.2. The number of ether oxygens (including phenoxy) is 1. The molecule has 1 N–H and O–H groups in total. The van der Waals surface area contributed by atoms with Gasteiger partial charge in [0.2, 0.25) is 0 Å². The van der Waals surface area contributed by atoms with E-state index in [9.17, 15) is 14.0 Å². The Labute approximate surface area is 142 Å². The van der Waals surface area contributed by atoms with Gasteiger partial charge in [-0.3, -0.25) is 4.79 Å². The molecule has 2 rings (SSSR count). The van der Waals surface area contributed by atoms with Crippen LogP contribution in [0.5, 0.6) is 0 Å². The maximum atomic E-state index is 13.6. The maximum absolute atomic E-state index is 13.6. The maximum Gasteiger partial charge on any atom is 0.343 e. The number of thioether (sulfide) groups is 1. The van der Waals surface area contributed by atoms with E-state index in [2.05, 4.69) is 5.32 Å². The van der Waals surface area contributed by atoms with Crippen LogP contribution in [0.15, 0.2) is 47.4 Å². The summed E-state index contributed by atoms with van der Waals surface area (Å²) >= 11 is 7.29. The van der Waals surface area contributed by atoms with Crippen molar-refractivity contribution >= 4 is 40.9 Å². The molecule has 0 saturated heterocycles. The number of halogens is 2. The average molecular weight is 354 g/mol. The minimum atomic E-state index is -0.985. The SMILES string of the molecule is CSc1cccc(NC(=O)COC(=O)c2c(F)cccc2Cl)c1. The Balaban J connectivity index is 1.95. The van der Waals surface area contributed by atoms with E-state index in [0.717, 1.165) is 11.0 Å². The van der Waals surface area contributed by atoms with Gasteiger partial charge in [-0.2, -0.15) is 0 Å². The molecule has 0 fully saturated rings.